The van der Waals surface area contributed by atoms with Crippen LogP contribution in [0.25, 0.3) is 27.1 Å². The van der Waals surface area contributed by atoms with E-state index in [0.29, 0.717) is 113 Å². The molecule has 0 radical (unpaired) electrons. The number of fused-ring (bicyclic) bond motifs is 6. The van der Waals surface area contributed by atoms with Crippen LogP contribution in [-0.4, -0.2) is 194 Å². The summed E-state index contributed by atoms with van der Waals surface area (Å²) >= 11 is 1.96. The first-order valence-corrected chi connectivity index (χ1v) is 39.2. The van der Waals surface area contributed by atoms with Gasteiger partial charge < -0.3 is 68.0 Å². The van der Waals surface area contributed by atoms with E-state index in [1.54, 1.807) is 6.07 Å². The number of carboxylic acid groups (broad SMARTS) is 1. The molecule has 31 heteroatoms. The van der Waals surface area contributed by atoms with Gasteiger partial charge >= 0.3 is 5.97 Å². The van der Waals surface area contributed by atoms with Crippen molar-refractivity contribution in [1.82, 2.24) is 46.3 Å². The maximum atomic E-state index is 14.4. The minimum absolute atomic E-state index is 0.0644. The number of aliphatic carboxylic acids is 1. The molecule has 12 N–H and O–H groups in total. The first-order chi connectivity index (χ1) is 52.6. The lowest BCUT2D eigenvalue weighted by molar-refractivity contribution is -0.777. The number of hydrogen-bond acceptors (Lipinski definition) is 20. The molecule has 29 nitrogen and oxygen atoms in total. The van der Waals surface area contributed by atoms with Crippen molar-refractivity contribution in [3.05, 3.63) is 144 Å². The van der Waals surface area contributed by atoms with E-state index >= 15 is 0 Å². The Bertz CT molecular complexity index is 4270. The van der Waals surface area contributed by atoms with Gasteiger partial charge in [0, 0.05) is 141 Å². The largest absolute Gasteiger partial charge is 0.691 e. The van der Waals surface area contributed by atoms with E-state index in [-0.39, 0.29) is 82.7 Å². The zero-order chi connectivity index (χ0) is 77.8. The topological polar surface area (TPSA) is 402 Å². The lowest BCUT2D eigenvalue weighted by Gasteiger charge is -2.33. The van der Waals surface area contributed by atoms with Crippen LogP contribution in [-0.2, 0) is 63.1 Å². The van der Waals surface area contributed by atoms with Gasteiger partial charge in [-0.1, -0.05) is 79.6 Å². The number of carbonyl (C=O) groups excluding carboxylic acids is 7. The highest BCUT2D eigenvalue weighted by molar-refractivity contribution is 7.94. The molecule has 10 rings (SSSR count). The number of nitrogens with zero attached hydrogens (tertiary/aromatic N) is 6. The van der Waals surface area contributed by atoms with Gasteiger partial charge in [-0.05, 0) is 161 Å². The van der Waals surface area contributed by atoms with Crippen LogP contribution in [0.2, 0.25) is 0 Å². The number of nitrogens with one attached hydrogen (secondary N) is 6. The van der Waals surface area contributed by atoms with E-state index in [0.717, 1.165) is 74.0 Å². The molecule has 5 atom stereocenters. The smallest absolute Gasteiger partial charge is 0.326 e. The molecule has 1 unspecified atom stereocenters. The number of likely N-dealkylation sites (tertiary alicyclic amines) is 3. The average Bonchev–Trinajstić information content (AvgIpc) is 1.58. The summed E-state index contributed by atoms with van der Waals surface area (Å²) in [6.07, 6.45) is 15.4. The van der Waals surface area contributed by atoms with Crippen molar-refractivity contribution >= 4 is 122 Å². The van der Waals surface area contributed by atoms with Crippen LogP contribution in [0.15, 0.2) is 121 Å². The Hall–Kier alpha value is -9.31. The average molecular weight is 1540 g/mol. The number of carbonyl (C=O) groups is 8. The van der Waals surface area contributed by atoms with Crippen molar-refractivity contribution in [2.24, 2.45) is 11.5 Å². The van der Waals surface area contributed by atoms with Gasteiger partial charge in [0.25, 0.3) is 5.91 Å². The summed E-state index contributed by atoms with van der Waals surface area (Å²) in [7, 11) is 0. The molecule has 0 bridgehead atoms. The minimum atomic E-state index is -1.22. The van der Waals surface area contributed by atoms with Gasteiger partial charge in [-0.15, -0.1) is 4.33 Å². The molecule has 1 aromatic heterocycles. The molecule has 6 heterocycles. The molecule has 0 aliphatic carbocycles. The zero-order valence-electron chi connectivity index (χ0n) is 62.1. The van der Waals surface area contributed by atoms with Crippen molar-refractivity contribution in [2.45, 2.75) is 165 Å². The van der Waals surface area contributed by atoms with E-state index in [2.05, 4.69) is 157 Å². The second-order valence-electron chi connectivity index (χ2n) is 28.8. The molecule has 109 heavy (non-hydrogen) atoms. The Kier molecular flexibility index (Phi) is 29.3. The number of rotatable bonds is 38. The highest BCUT2D eigenvalue weighted by atomic mass is 32.2. The third kappa shape index (κ3) is 20.0. The Morgan fingerprint density at radius 3 is 2.06 bits per heavy atom. The van der Waals surface area contributed by atoms with Gasteiger partial charge in [-0.2, -0.15) is 8.91 Å². The summed E-state index contributed by atoms with van der Waals surface area (Å²) in [6, 6.07) is 24.0. The number of amides is 7. The second-order valence-corrected chi connectivity index (χ2v) is 30.4. The van der Waals surface area contributed by atoms with Crippen LogP contribution in [0.4, 0.5) is 11.4 Å². The van der Waals surface area contributed by atoms with E-state index in [9.17, 15) is 48.7 Å². The molecule has 5 aromatic rings. The first kappa shape index (κ1) is 82.2. The van der Waals surface area contributed by atoms with Gasteiger partial charge in [0.15, 0.2) is 11.7 Å². The molecular formula is C78H100N14O15S2. The fourth-order valence-corrected chi connectivity index (χ4v) is 16.6. The summed E-state index contributed by atoms with van der Waals surface area (Å²) in [5.41, 5.74) is 18.4. The van der Waals surface area contributed by atoms with Gasteiger partial charge in [0.05, 0.1) is 23.2 Å². The highest BCUT2D eigenvalue weighted by Gasteiger charge is 2.48. The number of allylic oxidation sites excluding steroid dienone is 6. The predicted octanol–water partition coefficient (Wildman–Crippen LogP) is 6.85. The number of guanidine groups is 1. The molecule has 0 saturated carbocycles. The molecule has 7 amide bonds. The number of anilines is 1. The van der Waals surface area contributed by atoms with Gasteiger partial charge in [-0.3, -0.25) is 49.0 Å². The number of carboxylic acids is 1. The molecule has 584 valence electrons. The summed E-state index contributed by atoms with van der Waals surface area (Å²) in [5.74, 6) is -3.52. The van der Waals surface area contributed by atoms with Crippen LogP contribution >= 0.6 is 24.1 Å². The van der Waals surface area contributed by atoms with Crippen LogP contribution in [0.5, 0.6) is 0 Å². The van der Waals surface area contributed by atoms with Crippen LogP contribution < -0.4 is 48.2 Å². The molecule has 3 fully saturated rings. The van der Waals surface area contributed by atoms with Crippen molar-refractivity contribution in [3.8, 4) is 0 Å². The zero-order valence-corrected chi connectivity index (χ0v) is 63.7. The number of aromatic nitrogens is 1. The van der Waals surface area contributed by atoms with Crippen molar-refractivity contribution in [3.63, 3.8) is 0 Å². The Morgan fingerprint density at radius 1 is 0.716 bits per heavy atom. The van der Waals surface area contributed by atoms with Crippen molar-refractivity contribution < 1.29 is 77.3 Å². The second kappa shape index (κ2) is 38.9. The van der Waals surface area contributed by atoms with Crippen LogP contribution in [0.1, 0.15) is 151 Å². The van der Waals surface area contributed by atoms with Crippen LogP contribution in [0.3, 0.4) is 0 Å². The van der Waals surface area contributed by atoms with Crippen molar-refractivity contribution in [2.75, 3.05) is 75.3 Å². The lowest BCUT2D eigenvalue weighted by atomic mass is 9.79. The van der Waals surface area contributed by atoms with E-state index in [1.165, 1.54) is 32.0 Å². The standard InChI is InChI=1S/C78H100N14O15S2/c1-77(2)64(88(44-16-46-108-106-104-102)59-34-29-50-18-5-7-20-54(50)68(59)77)36-31-52(32-37-65-78(3,4)69-55-21-8-6-19-51(55)30-35-60(69)89(65)45-17-47-109-107-105-103)56-33-28-53(49-85-56)70(95)82-38-10-9-22-58(75(100)101)86-66(93)27-12-39-83-71(96)61-24-14-42-91(61)74(99)63-26-15-43-92(63)73(98)57(23-11-40-84-76(80)81)87-72(97)62-25-13-41-90(62)67(94)48-79/h5-8,18-21,28-37,49,57-58,61-63H,9-17,22-27,38-48,79H2,1-4H3,(H10-,80,81,82,83,84,86,87,93,95,96,97,100,101,102,103)/t57-,58-,61-,62?,63-/m0/s1. The number of hydrogen-bond donors (Lipinski definition) is 10. The minimum Gasteiger partial charge on any atom is -0.691 e. The third-order valence-corrected chi connectivity index (χ3v) is 22.3. The fourth-order valence-electron chi connectivity index (χ4n) is 15.9. The number of benzene rings is 4. The number of unbranched alkanes of at least 4 members (excludes halogenated alkanes) is 1. The monoisotopic (exact) mass is 1540 g/mol. The van der Waals surface area contributed by atoms with Gasteiger partial charge in [0.2, 0.25) is 41.1 Å². The Labute approximate surface area is 642 Å². The third-order valence-electron chi connectivity index (χ3n) is 21.1. The molecule has 5 aliphatic heterocycles. The summed E-state index contributed by atoms with van der Waals surface area (Å²) < 4.78 is 11.7. The molecule has 5 aliphatic rings. The van der Waals surface area contributed by atoms with Crippen LogP contribution in [0, 0.1) is 5.41 Å². The molecule has 0 spiro atoms. The Morgan fingerprint density at radius 2 is 1.37 bits per heavy atom. The Balaban J connectivity index is 0.752. The van der Waals surface area contributed by atoms with E-state index < -0.39 is 76.5 Å². The van der Waals surface area contributed by atoms with Crippen molar-refractivity contribution in [1.29, 1.82) is 5.41 Å². The fraction of sp³-hybridized carbons (Fsp3) is 0.474. The highest BCUT2D eigenvalue weighted by Crippen LogP contribution is 2.51. The summed E-state index contributed by atoms with van der Waals surface area (Å²) in [4.78, 5) is 120. The maximum Gasteiger partial charge on any atom is 0.326 e. The lowest BCUT2D eigenvalue weighted by Crippen LogP contribution is -2.58. The van der Waals surface area contributed by atoms with E-state index in [4.69, 9.17) is 31.5 Å². The molecule has 4 aromatic carbocycles. The van der Waals surface area contributed by atoms with Gasteiger partial charge in [-0.25, -0.2) is 10.1 Å². The first-order valence-electron chi connectivity index (χ1n) is 37.4. The summed E-state index contributed by atoms with van der Waals surface area (Å²) in [6.45, 7) is 11.3. The number of nitrogens with two attached hydrogens (primary N) is 2. The van der Waals surface area contributed by atoms with E-state index in [1.807, 2.05) is 24.3 Å². The molecular weight excluding hydrogens is 1440 g/mol. The number of pyridine rings is 1. The SMILES string of the molecule is CC1(C)C(/C=C/C(=C/C=C2/N(CCCSOOO)c3ccc4ccccc4c3C2(C)C)c2ccc(C(=O)NCCCC[C@H](NC(=O)CCCNC(=O)[C@@H]3CCCN3C(=O)[C@@H]3CCCN3C(=O)[C@H](CCCNC(=N)N)NC(=O)C3CCCN3C(=O)CN)C(=O)O)cn2)=[N+](CCCSOO[O-])c2ccc3ccccc3c21. The molecule has 3 saturated heterocycles. The predicted molar refractivity (Wildman–Crippen MR) is 414 cm³/mol. The van der Waals surface area contributed by atoms with Gasteiger partial charge in [0.1, 0.15) is 36.8 Å². The quantitative estimate of drug-likeness (QED) is 0.00282. The maximum absolute atomic E-state index is 14.4. The summed E-state index contributed by atoms with van der Waals surface area (Å²) in [5, 5.41) is 63.1. The normalized spacial score (nSPS) is 18.9.